The average molecular weight is 274 g/mol. The van der Waals surface area contributed by atoms with Gasteiger partial charge in [0.15, 0.2) is 0 Å². The second-order valence-electron chi connectivity index (χ2n) is 5.71. The van der Waals surface area contributed by atoms with E-state index in [2.05, 4.69) is 10.2 Å². The lowest BCUT2D eigenvalue weighted by Crippen LogP contribution is -2.42. The maximum Gasteiger partial charge on any atom is 0.254 e. The molecule has 4 nitrogen and oxygen atoms in total. The van der Waals surface area contributed by atoms with E-state index in [1.54, 1.807) is 7.11 Å². The van der Waals surface area contributed by atoms with Gasteiger partial charge in [-0.3, -0.25) is 4.79 Å². The lowest BCUT2D eigenvalue weighted by Gasteiger charge is -2.26. The van der Waals surface area contributed by atoms with Crippen LogP contribution in [0.25, 0.3) is 0 Å². The van der Waals surface area contributed by atoms with Gasteiger partial charge >= 0.3 is 0 Å². The summed E-state index contributed by atoms with van der Waals surface area (Å²) in [6, 6.07) is 8.37. The lowest BCUT2D eigenvalue weighted by atomic mass is 10.1. The summed E-state index contributed by atoms with van der Waals surface area (Å²) >= 11 is 0. The summed E-state index contributed by atoms with van der Waals surface area (Å²) < 4.78 is 5.21. The van der Waals surface area contributed by atoms with Gasteiger partial charge in [-0.05, 0) is 50.4 Å². The zero-order chi connectivity index (χ0) is 13.9. The third-order valence-corrected chi connectivity index (χ3v) is 4.14. The fourth-order valence-electron chi connectivity index (χ4n) is 2.86. The van der Waals surface area contributed by atoms with Crippen LogP contribution in [0.4, 0.5) is 0 Å². The van der Waals surface area contributed by atoms with Crippen molar-refractivity contribution in [1.29, 1.82) is 0 Å². The van der Waals surface area contributed by atoms with Crippen molar-refractivity contribution in [2.45, 2.75) is 37.8 Å². The van der Waals surface area contributed by atoms with Crippen LogP contribution < -0.4 is 10.1 Å². The molecule has 1 atom stereocenters. The van der Waals surface area contributed by atoms with Crippen LogP contribution in [0.3, 0.4) is 0 Å². The predicted molar refractivity (Wildman–Crippen MR) is 78.1 cm³/mol. The van der Waals surface area contributed by atoms with Crippen LogP contribution >= 0.6 is 0 Å². The Kier molecular flexibility index (Phi) is 3.92. The summed E-state index contributed by atoms with van der Waals surface area (Å²) in [4.78, 5) is 14.8. The minimum absolute atomic E-state index is 0.139. The van der Waals surface area contributed by atoms with E-state index in [-0.39, 0.29) is 5.91 Å². The number of benzene rings is 1. The van der Waals surface area contributed by atoms with Crippen LogP contribution in [0, 0.1) is 0 Å². The first kappa shape index (κ1) is 13.4. The number of nitrogens with zero attached hydrogens (tertiary/aromatic N) is 1. The van der Waals surface area contributed by atoms with Crippen LogP contribution in [0.5, 0.6) is 5.75 Å². The van der Waals surface area contributed by atoms with E-state index in [0.717, 1.165) is 37.2 Å². The fraction of sp³-hybridized carbons (Fsp3) is 0.562. The molecular formula is C16H22N2O2. The third-order valence-electron chi connectivity index (χ3n) is 4.14. The minimum Gasteiger partial charge on any atom is -0.497 e. The van der Waals surface area contributed by atoms with Crippen molar-refractivity contribution in [2.24, 2.45) is 0 Å². The molecular weight excluding hydrogens is 252 g/mol. The van der Waals surface area contributed by atoms with Gasteiger partial charge in [-0.15, -0.1) is 0 Å². The van der Waals surface area contributed by atoms with Crippen molar-refractivity contribution in [2.75, 3.05) is 20.2 Å². The summed E-state index contributed by atoms with van der Waals surface area (Å²) in [5.74, 6) is 0.880. The largest absolute Gasteiger partial charge is 0.497 e. The number of methoxy groups -OCH3 is 1. The molecule has 1 aliphatic carbocycles. The van der Waals surface area contributed by atoms with E-state index in [1.165, 1.54) is 12.8 Å². The highest BCUT2D eigenvalue weighted by Gasteiger charge is 2.35. The van der Waals surface area contributed by atoms with Gasteiger partial charge in [0.05, 0.1) is 7.11 Å². The summed E-state index contributed by atoms with van der Waals surface area (Å²) in [7, 11) is 1.63. The number of carbonyl (C=O) groups is 1. The van der Waals surface area contributed by atoms with Crippen molar-refractivity contribution >= 4 is 5.91 Å². The molecule has 1 aromatic carbocycles. The van der Waals surface area contributed by atoms with E-state index >= 15 is 0 Å². The van der Waals surface area contributed by atoms with E-state index in [9.17, 15) is 4.79 Å². The summed E-state index contributed by atoms with van der Waals surface area (Å²) in [6.07, 6.45) is 4.68. The van der Waals surface area contributed by atoms with Gasteiger partial charge in [0, 0.05) is 24.2 Å². The topological polar surface area (TPSA) is 41.6 Å². The van der Waals surface area contributed by atoms with Gasteiger partial charge in [0.1, 0.15) is 5.75 Å². The smallest absolute Gasteiger partial charge is 0.254 e. The van der Waals surface area contributed by atoms with Crippen LogP contribution in [-0.4, -0.2) is 43.1 Å². The van der Waals surface area contributed by atoms with Gasteiger partial charge in [0.2, 0.25) is 0 Å². The van der Waals surface area contributed by atoms with Crippen molar-refractivity contribution in [1.82, 2.24) is 10.2 Å². The molecule has 1 amide bonds. The Bertz CT molecular complexity index is 479. The lowest BCUT2D eigenvalue weighted by molar-refractivity contribution is 0.0728. The van der Waals surface area contributed by atoms with Crippen LogP contribution in [-0.2, 0) is 0 Å². The molecule has 1 aliphatic heterocycles. The molecule has 1 saturated carbocycles. The SMILES string of the molecule is COc1cccc(C(=O)N(CC2CCCN2)C2CC2)c1. The van der Waals surface area contributed by atoms with Gasteiger partial charge in [0.25, 0.3) is 5.91 Å². The molecule has 2 fully saturated rings. The van der Waals surface area contributed by atoms with Gasteiger partial charge in [-0.1, -0.05) is 6.07 Å². The van der Waals surface area contributed by atoms with Crippen molar-refractivity contribution in [3.8, 4) is 5.75 Å². The number of rotatable bonds is 5. The van der Waals surface area contributed by atoms with E-state index in [4.69, 9.17) is 4.74 Å². The number of carbonyl (C=O) groups excluding carboxylic acids is 1. The first-order valence-corrected chi connectivity index (χ1v) is 7.46. The Hall–Kier alpha value is -1.55. The Morgan fingerprint density at radius 3 is 2.90 bits per heavy atom. The summed E-state index contributed by atoms with van der Waals surface area (Å²) in [5.41, 5.74) is 0.731. The highest BCUT2D eigenvalue weighted by atomic mass is 16.5. The molecule has 0 spiro atoms. The molecule has 1 aromatic rings. The summed E-state index contributed by atoms with van der Waals surface area (Å²) in [6.45, 7) is 1.91. The minimum atomic E-state index is 0.139. The molecule has 4 heteroatoms. The normalized spacial score (nSPS) is 21.8. The van der Waals surface area contributed by atoms with Crippen LogP contribution in [0.2, 0.25) is 0 Å². The Labute approximate surface area is 120 Å². The molecule has 3 rings (SSSR count). The van der Waals surface area contributed by atoms with E-state index in [0.29, 0.717) is 12.1 Å². The Morgan fingerprint density at radius 2 is 2.25 bits per heavy atom. The number of ether oxygens (including phenoxy) is 1. The van der Waals surface area contributed by atoms with Crippen molar-refractivity contribution < 1.29 is 9.53 Å². The molecule has 0 radical (unpaired) electrons. The quantitative estimate of drug-likeness (QED) is 0.893. The molecule has 1 N–H and O–H groups in total. The molecule has 1 saturated heterocycles. The van der Waals surface area contributed by atoms with Crippen molar-refractivity contribution in [3.05, 3.63) is 29.8 Å². The van der Waals surface area contributed by atoms with E-state index < -0.39 is 0 Å². The molecule has 108 valence electrons. The number of hydrogen-bond donors (Lipinski definition) is 1. The standard InChI is InChI=1S/C16H22N2O2/c1-20-15-6-2-4-12(10-15)16(19)18(14-7-8-14)11-13-5-3-9-17-13/h2,4,6,10,13-14,17H,3,5,7-9,11H2,1H3. The molecule has 2 aliphatic rings. The summed E-state index contributed by atoms with van der Waals surface area (Å²) in [5, 5.41) is 3.48. The third kappa shape index (κ3) is 2.96. The molecule has 20 heavy (non-hydrogen) atoms. The highest BCUT2D eigenvalue weighted by molar-refractivity contribution is 5.95. The molecule has 1 heterocycles. The second-order valence-corrected chi connectivity index (χ2v) is 5.71. The zero-order valence-electron chi connectivity index (χ0n) is 12.0. The van der Waals surface area contributed by atoms with Crippen LogP contribution in [0.1, 0.15) is 36.0 Å². The zero-order valence-corrected chi connectivity index (χ0v) is 12.0. The van der Waals surface area contributed by atoms with Crippen LogP contribution in [0.15, 0.2) is 24.3 Å². The molecule has 1 unspecified atom stereocenters. The Morgan fingerprint density at radius 1 is 1.40 bits per heavy atom. The van der Waals surface area contributed by atoms with Crippen molar-refractivity contribution in [3.63, 3.8) is 0 Å². The first-order valence-electron chi connectivity index (χ1n) is 7.46. The number of hydrogen-bond acceptors (Lipinski definition) is 3. The predicted octanol–water partition coefficient (Wildman–Crippen LogP) is 2.05. The number of nitrogens with one attached hydrogen (secondary N) is 1. The Balaban J connectivity index is 1.74. The van der Waals surface area contributed by atoms with Gasteiger partial charge in [-0.2, -0.15) is 0 Å². The maximum atomic E-state index is 12.7. The molecule has 0 bridgehead atoms. The highest BCUT2D eigenvalue weighted by Crippen LogP contribution is 2.29. The first-order chi connectivity index (χ1) is 9.78. The van der Waals surface area contributed by atoms with Gasteiger partial charge in [-0.25, -0.2) is 0 Å². The second kappa shape index (κ2) is 5.83. The fourth-order valence-corrected chi connectivity index (χ4v) is 2.86. The molecule has 0 aromatic heterocycles. The average Bonchev–Trinajstić information content (AvgIpc) is 3.20. The maximum absolute atomic E-state index is 12.7. The van der Waals surface area contributed by atoms with E-state index in [1.807, 2.05) is 24.3 Å². The monoisotopic (exact) mass is 274 g/mol. The van der Waals surface area contributed by atoms with Gasteiger partial charge < -0.3 is 15.0 Å². The number of amides is 1.